The van der Waals surface area contributed by atoms with Gasteiger partial charge in [-0.1, -0.05) is 0 Å². The van der Waals surface area contributed by atoms with Gasteiger partial charge >= 0.3 is 50.0 Å². The molecule has 14 heavy (non-hydrogen) atoms. The molecular weight excluding hydrogens is 190 g/mol. The summed E-state index contributed by atoms with van der Waals surface area (Å²) < 4.78 is 0. The Hall–Kier alpha value is -0.345. The molecule has 0 aromatic heterocycles. The van der Waals surface area contributed by atoms with Gasteiger partial charge in [0.2, 0.25) is 0 Å². The third-order valence-electron chi connectivity index (χ3n) is 0.1000. The van der Waals surface area contributed by atoms with E-state index in [1.807, 2.05) is 0 Å². The number of hydrogen-bond acceptors (Lipinski definition) is 4. The van der Waals surface area contributed by atoms with Crippen LogP contribution in [0.3, 0.4) is 0 Å². The summed E-state index contributed by atoms with van der Waals surface area (Å²) in [4.78, 5) is 17.1. The van der Waals surface area contributed by atoms with Gasteiger partial charge in [-0.2, -0.15) is 0 Å². The number of carbonyl (C=O) groups is 2. The van der Waals surface area contributed by atoms with Gasteiger partial charge in [-0.3, -0.25) is 0 Å². The molecule has 0 aliphatic carbocycles. The number of carboxylic acid groups (broad SMARTS) is 4. The van der Waals surface area contributed by atoms with Crippen molar-refractivity contribution >= 4 is 50.0 Å². The van der Waals surface area contributed by atoms with E-state index < -0.39 is 12.3 Å². The van der Waals surface area contributed by atoms with Crippen LogP contribution in [0.15, 0.2) is 0 Å². The predicted octanol–water partition coefficient (Wildman–Crippen LogP) is -1.88. The minimum absolute atomic E-state index is 0. The van der Waals surface area contributed by atoms with Crippen molar-refractivity contribution in [1.82, 2.24) is 0 Å². The van der Waals surface area contributed by atoms with E-state index in [4.69, 9.17) is 40.2 Å². The van der Waals surface area contributed by atoms with Crippen LogP contribution in [0.2, 0.25) is 0 Å². The molecule has 0 amide bonds. The second kappa shape index (κ2) is 29.3. The molecule has 6 N–H and O–H groups in total. The second-order valence-electron chi connectivity index (χ2n) is 1.01. The van der Waals surface area contributed by atoms with Crippen LogP contribution >= 0.6 is 0 Å². The third kappa shape index (κ3) is 3090. The van der Waals surface area contributed by atoms with E-state index in [2.05, 4.69) is 0 Å². The van der Waals surface area contributed by atoms with E-state index in [1.54, 1.807) is 0 Å². The van der Waals surface area contributed by atoms with Crippen molar-refractivity contribution < 1.29 is 40.2 Å². The average Bonchev–Trinajstić information content (AvgIpc) is 1.85. The first-order valence-corrected chi connectivity index (χ1v) is 2.44. The second-order valence-corrected chi connectivity index (χ2v) is 1.01. The van der Waals surface area contributed by atoms with Gasteiger partial charge in [-0.25, -0.2) is 9.59 Å². The molecule has 0 spiro atoms. The van der Waals surface area contributed by atoms with Gasteiger partial charge in [-0.05, 0) is 0 Å². The Bertz CT molecular complexity index is 95.9. The molecule has 78 valence electrons. The van der Waals surface area contributed by atoms with Crippen LogP contribution in [0, 0.1) is 0 Å². The van der Waals surface area contributed by atoms with Crippen molar-refractivity contribution in [1.29, 1.82) is 0 Å². The summed E-state index contributed by atoms with van der Waals surface area (Å²) in [6.07, 6.45) is -3.67. The number of hydrogen-bond donors (Lipinski definition) is 6. The normalized spacial score (nSPS) is 5.57. The van der Waals surface area contributed by atoms with E-state index in [-0.39, 0.29) is 50.9 Å². The quantitative estimate of drug-likeness (QED) is 0.270. The molecular formula is C4H12Li2O8. The van der Waals surface area contributed by atoms with Crippen LogP contribution in [0.5, 0.6) is 0 Å². The molecule has 0 aromatic rings. The Labute approximate surface area is 104 Å². The van der Waals surface area contributed by atoms with Crippen molar-refractivity contribution in [3.63, 3.8) is 0 Å². The zero-order valence-electron chi connectivity index (χ0n) is 5.91. The fourth-order valence-electron chi connectivity index (χ4n) is 0. The van der Waals surface area contributed by atoms with E-state index >= 15 is 0 Å². The zero-order chi connectivity index (χ0) is 10.6. The zero-order valence-corrected chi connectivity index (χ0v) is 5.91. The van der Waals surface area contributed by atoms with Crippen molar-refractivity contribution in [2.45, 2.75) is 0 Å². The first kappa shape index (κ1) is 29.2. The van der Waals surface area contributed by atoms with Crippen LogP contribution in [0.4, 0.5) is 9.59 Å². The summed E-state index contributed by atoms with van der Waals surface area (Å²) in [6, 6.07) is 0. The van der Waals surface area contributed by atoms with Crippen LogP contribution in [-0.2, 0) is 0 Å². The Morgan fingerprint density at radius 1 is 0.714 bits per heavy atom. The summed E-state index contributed by atoms with van der Waals surface area (Å²) in [5.41, 5.74) is 0. The fourth-order valence-corrected chi connectivity index (χ4v) is 0. The Kier molecular flexibility index (Phi) is 61.2. The minimum atomic E-state index is -1.83. The van der Waals surface area contributed by atoms with Gasteiger partial charge in [0.1, 0.15) is 0 Å². The van der Waals surface area contributed by atoms with Gasteiger partial charge in [0, 0.05) is 0 Å². The van der Waals surface area contributed by atoms with Crippen LogP contribution in [0.25, 0.3) is 0 Å². The number of aliphatic hydroxyl groups excluding tert-OH is 2. The van der Waals surface area contributed by atoms with E-state index in [0.29, 0.717) is 0 Å². The molecule has 0 aliphatic rings. The van der Waals surface area contributed by atoms with Gasteiger partial charge < -0.3 is 30.6 Å². The Balaban J connectivity index is -0.0000000270. The SMILES string of the molecule is O=C(O)O.O=C(O)O.OCCO.[LiH].[LiH]. The van der Waals surface area contributed by atoms with E-state index in [0.717, 1.165) is 0 Å². The van der Waals surface area contributed by atoms with Crippen LogP contribution in [0.1, 0.15) is 0 Å². The van der Waals surface area contributed by atoms with Crippen molar-refractivity contribution in [3.8, 4) is 0 Å². The Morgan fingerprint density at radius 3 is 0.786 bits per heavy atom. The molecule has 0 aliphatic heterocycles. The summed E-state index contributed by atoms with van der Waals surface area (Å²) in [5.74, 6) is 0. The fraction of sp³-hybridized carbons (Fsp3) is 0.500. The summed E-state index contributed by atoms with van der Waals surface area (Å²) in [6.45, 7) is -0.250. The summed E-state index contributed by atoms with van der Waals surface area (Å²) >= 11 is 0. The van der Waals surface area contributed by atoms with Crippen molar-refractivity contribution in [2.75, 3.05) is 13.2 Å². The average molecular weight is 202 g/mol. The first-order chi connectivity index (χ1) is 5.38. The molecule has 10 heteroatoms. The van der Waals surface area contributed by atoms with Crippen LogP contribution in [-0.4, -0.2) is 93.9 Å². The maximum absolute atomic E-state index is 8.56. The molecule has 0 radical (unpaired) electrons. The summed E-state index contributed by atoms with van der Waals surface area (Å²) in [5, 5.41) is 43.1. The topological polar surface area (TPSA) is 156 Å². The van der Waals surface area contributed by atoms with Gasteiger partial charge in [0.25, 0.3) is 0 Å². The molecule has 0 fully saturated rings. The molecule has 0 atom stereocenters. The first-order valence-electron chi connectivity index (χ1n) is 2.44. The van der Waals surface area contributed by atoms with Crippen LogP contribution < -0.4 is 0 Å². The molecule has 0 rings (SSSR count). The Morgan fingerprint density at radius 2 is 0.786 bits per heavy atom. The van der Waals surface area contributed by atoms with Gasteiger partial charge in [0.05, 0.1) is 13.2 Å². The molecule has 8 nitrogen and oxygen atoms in total. The van der Waals surface area contributed by atoms with Crippen molar-refractivity contribution in [2.24, 2.45) is 0 Å². The van der Waals surface area contributed by atoms with Gasteiger partial charge in [-0.15, -0.1) is 0 Å². The molecule has 0 heterocycles. The van der Waals surface area contributed by atoms with Crippen molar-refractivity contribution in [3.05, 3.63) is 0 Å². The summed E-state index contributed by atoms with van der Waals surface area (Å²) in [7, 11) is 0. The molecule has 0 unspecified atom stereocenters. The molecule has 0 aromatic carbocycles. The molecule has 0 saturated carbocycles. The third-order valence-corrected chi connectivity index (χ3v) is 0.1000. The number of rotatable bonds is 1. The maximum atomic E-state index is 8.56. The standard InChI is InChI=1S/C2H6O2.2CH2O3.2Li.2H/c3-1-2-4;2*2-1(3)4;;;;/h3-4H,1-2H2;2*(H2,2,3,4);;;;. The predicted molar refractivity (Wildman–Crippen MR) is 49.8 cm³/mol. The van der Waals surface area contributed by atoms with Gasteiger partial charge in [0.15, 0.2) is 0 Å². The van der Waals surface area contributed by atoms with E-state index in [1.165, 1.54) is 0 Å². The number of aliphatic hydroxyl groups is 2. The monoisotopic (exact) mass is 202 g/mol. The van der Waals surface area contributed by atoms with E-state index in [9.17, 15) is 0 Å². The molecule has 0 saturated heterocycles. The molecule has 0 bridgehead atoms.